The van der Waals surface area contributed by atoms with Crippen molar-refractivity contribution < 1.29 is 4.79 Å². The second-order valence-corrected chi connectivity index (χ2v) is 7.74. The van der Waals surface area contributed by atoms with E-state index in [0.29, 0.717) is 10.9 Å². The Balaban J connectivity index is 1.41. The quantitative estimate of drug-likeness (QED) is 0.545. The van der Waals surface area contributed by atoms with Crippen LogP contribution in [0.4, 0.5) is 0 Å². The molecule has 2 heterocycles. The average Bonchev–Trinajstić information content (AvgIpc) is 3.30. The van der Waals surface area contributed by atoms with Crippen LogP contribution in [0.5, 0.6) is 0 Å². The van der Waals surface area contributed by atoms with E-state index >= 15 is 0 Å². The number of nitrogens with zero attached hydrogens (tertiary/aromatic N) is 2. The zero-order valence-electron chi connectivity index (χ0n) is 13.1. The number of fused-ring (bicyclic) bond motifs is 1. The first kappa shape index (κ1) is 15.6. The van der Waals surface area contributed by atoms with Crippen molar-refractivity contribution in [1.29, 1.82) is 0 Å². The molecule has 0 spiro atoms. The number of aromatic amines is 1. The zero-order chi connectivity index (χ0) is 16.4. The van der Waals surface area contributed by atoms with Gasteiger partial charge < -0.3 is 0 Å². The number of benzene rings is 1. The summed E-state index contributed by atoms with van der Waals surface area (Å²) in [5.41, 5.74) is 3.55. The van der Waals surface area contributed by atoms with Crippen molar-refractivity contribution in [2.24, 2.45) is 0 Å². The molecule has 122 valence electrons. The van der Waals surface area contributed by atoms with Crippen molar-refractivity contribution >= 4 is 28.9 Å². The van der Waals surface area contributed by atoms with Crippen molar-refractivity contribution in [3.05, 3.63) is 52.4 Å². The highest BCUT2D eigenvalue weighted by molar-refractivity contribution is 7.99. The SMILES string of the molecule is O=C(CSc1n[nH]c(-c2cccs2)n1)c1ccc2c(c1)CCCC2. The zero-order valence-corrected chi connectivity index (χ0v) is 14.8. The maximum absolute atomic E-state index is 12.5. The molecule has 1 aliphatic rings. The Kier molecular flexibility index (Phi) is 4.49. The summed E-state index contributed by atoms with van der Waals surface area (Å²) in [4.78, 5) is 17.9. The maximum Gasteiger partial charge on any atom is 0.209 e. The fourth-order valence-corrected chi connectivity index (χ4v) is 4.31. The van der Waals surface area contributed by atoms with Crippen molar-refractivity contribution in [1.82, 2.24) is 15.2 Å². The van der Waals surface area contributed by atoms with E-state index in [0.717, 1.165) is 29.1 Å². The molecule has 0 saturated heterocycles. The van der Waals surface area contributed by atoms with Crippen LogP contribution in [-0.2, 0) is 12.8 Å². The normalized spacial score (nSPS) is 13.7. The number of ketones is 1. The van der Waals surface area contributed by atoms with Gasteiger partial charge >= 0.3 is 0 Å². The number of hydrogen-bond donors (Lipinski definition) is 1. The summed E-state index contributed by atoms with van der Waals surface area (Å²) in [6.07, 6.45) is 4.71. The number of rotatable bonds is 5. The van der Waals surface area contributed by atoms with Gasteiger partial charge in [-0.2, -0.15) is 0 Å². The number of Topliss-reactive ketones (excluding diaryl/α,β-unsaturated/α-hetero) is 1. The molecular weight excluding hydrogens is 338 g/mol. The molecule has 0 bridgehead atoms. The summed E-state index contributed by atoms with van der Waals surface area (Å²) in [6.45, 7) is 0. The Morgan fingerprint density at radius 1 is 1.21 bits per heavy atom. The molecule has 4 nitrogen and oxygen atoms in total. The van der Waals surface area contributed by atoms with Gasteiger partial charge in [0.25, 0.3) is 0 Å². The van der Waals surface area contributed by atoms with Crippen LogP contribution in [0.3, 0.4) is 0 Å². The highest BCUT2D eigenvalue weighted by Gasteiger charge is 2.14. The molecular formula is C18H17N3OS2. The van der Waals surface area contributed by atoms with Crippen LogP contribution in [-0.4, -0.2) is 26.7 Å². The summed E-state index contributed by atoms with van der Waals surface area (Å²) in [6, 6.07) is 10.1. The lowest BCUT2D eigenvalue weighted by molar-refractivity contribution is 0.102. The number of nitrogens with one attached hydrogen (secondary N) is 1. The molecule has 3 aromatic rings. The summed E-state index contributed by atoms with van der Waals surface area (Å²) in [5.74, 6) is 1.25. The van der Waals surface area contributed by atoms with Gasteiger partial charge in [-0.05, 0) is 54.3 Å². The Labute approximate surface area is 148 Å². The summed E-state index contributed by atoms with van der Waals surface area (Å²) < 4.78 is 0. The second kappa shape index (κ2) is 6.91. The van der Waals surface area contributed by atoms with E-state index in [1.807, 2.05) is 23.6 Å². The molecule has 24 heavy (non-hydrogen) atoms. The smallest absolute Gasteiger partial charge is 0.209 e. The summed E-state index contributed by atoms with van der Waals surface area (Å²) in [7, 11) is 0. The molecule has 0 aliphatic heterocycles. The third kappa shape index (κ3) is 3.30. The Bertz CT molecular complexity index is 855. The second-order valence-electron chi connectivity index (χ2n) is 5.85. The molecule has 0 saturated carbocycles. The first-order valence-electron chi connectivity index (χ1n) is 8.04. The topological polar surface area (TPSA) is 58.6 Å². The highest BCUT2D eigenvalue weighted by atomic mass is 32.2. The summed E-state index contributed by atoms with van der Waals surface area (Å²) >= 11 is 2.99. The molecule has 1 aliphatic carbocycles. The third-order valence-corrected chi connectivity index (χ3v) is 5.95. The van der Waals surface area contributed by atoms with Crippen molar-refractivity contribution in [2.45, 2.75) is 30.8 Å². The molecule has 0 amide bonds. The van der Waals surface area contributed by atoms with E-state index in [1.165, 1.54) is 35.7 Å². The lowest BCUT2D eigenvalue weighted by atomic mass is 9.90. The molecule has 0 fully saturated rings. The van der Waals surface area contributed by atoms with E-state index in [9.17, 15) is 4.79 Å². The van der Waals surface area contributed by atoms with Gasteiger partial charge in [0, 0.05) is 5.56 Å². The van der Waals surface area contributed by atoms with Gasteiger partial charge in [0.05, 0.1) is 10.6 Å². The number of aromatic nitrogens is 3. The molecule has 6 heteroatoms. The Hall–Kier alpha value is -1.92. The molecule has 0 unspecified atom stereocenters. The molecule has 1 aromatic carbocycles. The highest BCUT2D eigenvalue weighted by Crippen LogP contribution is 2.25. The van der Waals surface area contributed by atoms with Gasteiger partial charge in [0.15, 0.2) is 11.6 Å². The van der Waals surface area contributed by atoms with Crippen molar-refractivity contribution in [2.75, 3.05) is 5.75 Å². The molecule has 1 N–H and O–H groups in total. The lowest BCUT2D eigenvalue weighted by Gasteiger charge is -2.16. The van der Waals surface area contributed by atoms with Crippen LogP contribution >= 0.6 is 23.1 Å². The number of aryl methyl sites for hydroxylation is 2. The minimum Gasteiger partial charge on any atom is -0.293 e. The van der Waals surface area contributed by atoms with Gasteiger partial charge in [-0.25, -0.2) is 4.98 Å². The Morgan fingerprint density at radius 2 is 2.08 bits per heavy atom. The predicted octanol–water partition coefficient (Wildman–Crippen LogP) is 4.39. The van der Waals surface area contributed by atoms with E-state index in [2.05, 4.69) is 27.3 Å². The lowest BCUT2D eigenvalue weighted by Crippen LogP contribution is -2.07. The van der Waals surface area contributed by atoms with Crippen LogP contribution in [0.1, 0.15) is 34.3 Å². The van der Waals surface area contributed by atoms with E-state index < -0.39 is 0 Å². The van der Waals surface area contributed by atoms with Crippen molar-refractivity contribution in [3.63, 3.8) is 0 Å². The van der Waals surface area contributed by atoms with E-state index in [-0.39, 0.29) is 5.78 Å². The molecule has 2 aromatic heterocycles. The first-order chi connectivity index (χ1) is 11.8. The fourth-order valence-electron chi connectivity index (χ4n) is 2.95. The van der Waals surface area contributed by atoms with Crippen LogP contribution in [0.15, 0.2) is 40.9 Å². The fraction of sp³-hybridized carbons (Fsp3) is 0.278. The van der Waals surface area contributed by atoms with Crippen LogP contribution in [0.25, 0.3) is 10.7 Å². The van der Waals surface area contributed by atoms with Gasteiger partial charge in [-0.15, -0.1) is 16.4 Å². The predicted molar refractivity (Wildman–Crippen MR) is 97.8 cm³/mol. The first-order valence-corrected chi connectivity index (χ1v) is 9.90. The molecule has 0 radical (unpaired) electrons. The van der Waals surface area contributed by atoms with Crippen LogP contribution in [0.2, 0.25) is 0 Å². The maximum atomic E-state index is 12.5. The minimum atomic E-state index is 0.135. The monoisotopic (exact) mass is 355 g/mol. The van der Waals surface area contributed by atoms with Gasteiger partial charge in [-0.3, -0.25) is 9.89 Å². The minimum absolute atomic E-state index is 0.135. The van der Waals surface area contributed by atoms with E-state index in [4.69, 9.17) is 0 Å². The number of thioether (sulfide) groups is 1. The third-order valence-electron chi connectivity index (χ3n) is 4.22. The van der Waals surface area contributed by atoms with Crippen LogP contribution < -0.4 is 0 Å². The number of carbonyl (C=O) groups excluding carboxylic acids is 1. The number of hydrogen-bond acceptors (Lipinski definition) is 5. The number of thiophene rings is 1. The van der Waals surface area contributed by atoms with Gasteiger partial charge in [-0.1, -0.05) is 30.0 Å². The number of carbonyl (C=O) groups is 1. The van der Waals surface area contributed by atoms with Crippen molar-refractivity contribution in [3.8, 4) is 10.7 Å². The average molecular weight is 355 g/mol. The Morgan fingerprint density at radius 3 is 2.92 bits per heavy atom. The standard InChI is InChI=1S/C18H17N3OS2/c22-15(14-8-7-12-4-1-2-5-13(12)10-14)11-24-18-19-17(20-21-18)16-6-3-9-23-16/h3,6-10H,1-2,4-5,11H2,(H,19,20,21). The van der Waals surface area contributed by atoms with Gasteiger partial charge in [0.2, 0.25) is 5.16 Å². The van der Waals surface area contributed by atoms with Gasteiger partial charge in [0.1, 0.15) is 0 Å². The molecule has 0 atom stereocenters. The van der Waals surface area contributed by atoms with E-state index in [1.54, 1.807) is 11.3 Å². The largest absolute Gasteiger partial charge is 0.293 e. The molecule has 4 rings (SSSR count). The van der Waals surface area contributed by atoms with Crippen LogP contribution in [0, 0.1) is 0 Å². The summed E-state index contributed by atoms with van der Waals surface area (Å²) in [5, 5.41) is 9.74. The number of H-pyrrole nitrogens is 1.